The highest BCUT2D eigenvalue weighted by atomic mass is 32.1. The first-order valence-electron chi connectivity index (χ1n) is 6.08. The van der Waals surface area contributed by atoms with E-state index in [-0.39, 0.29) is 19.0 Å². The summed E-state index contributed by atoms with van der Waals surface area (Å²) in [6.07, 6.45) is 0.876. The lowest BCUT2D eigenvalue weighted by Crippen LogP contribution is -2.37. The van der Waals surface area contributed by atoms with Gasteiger partial charge in [-0.05, 0) is 25.0 Å². The van der Waals surface area contributed by atoms with Crippen LogP contribution >= 0.6 is 11.3 Å². The number of methoxy groups -OCH3 is 1. The Bertz CT molecular complexity index is 455. The normalized spacial score (nSPS) is 10.5. The van der Waals surface area contributed by atoms with E-state index in [2.05, 4.69) is 0 Å². The highest BCUT2D eigenvalue weighted by molar-refractivity contribution is 7.14. The predicted octanol–water partition coefficient (Wildman–Crippen LogP) is 1.79. The van der Waals surface area contributed by atoms with E-state index in [0.29, 0.717) is 11.5 Å². The molecule has 5 nitrogen and oxygen atoms in total. The van der Waals surface area contributed by atoms with Crippen LogP contribution in [0.25, 0.3) is 0 Å². The van der Waals surface area contributed by atoms with Crippen molar-refractivity contribution in [2.45, 2.75) is 20.3 Å². The number of hydrogen-bond acceptors (Lipinski definition) is 4. The van der Waals surface area contributed by atoms with E-state index in [1.54, 1.807) is 0 Å². The van der Waals surface area contributed by atoms with Crippen LogP contribution in [0.2, 0.25) is 0 Å². The van der Waals surface area contributed by atoms with Gasteiger partial charge in [0.2, 0.25) is 0 Å². The second-order valence-electron chi connectivity index (χ2n) is 4.18. The molecular weight excluding hydrogens is 266 g/mol. The van der Waals surface area contributed by atoms with Crippen molar-refractivity contribution >= 4 is 23.2 Å². The van der Waals surface area contributed by atoms with Gasteiger partial charge in [-0.25, -0.2) is 0 Å². The summed E-state index contributed by atoms with van der Waals surface area (Å²) in [5, 5.41) is 8.85. The standard InChI is InChI=1S/C13H19NO4S/c1-4-10-9(2)7-11(19-10)13(17)14(5-6-18-3)8-12(15)16/h7H,4-6,8H2,1-3H3,(H,15,16). The van der Waals surface area contributed by atoms with Crippen molar-refractivity contribution in [3.63, 3.8) is 0 Å². The van der Waals surface area contributed by atoms with E-state index in [9.17, 15) is 9.59 Å². The van der Waals surface area contributed by atoms with Gasteiger partial charge in [0, 0.05) is 18.5 Å². The zero-order valence-electron chi connectivity index (χ0n) is 11.4. The number of amides is 1. The van der Waals surface area contributed by atoms with E-state index < -0.39 is 5.97 Å². The molecule has 0 atom stereocenters. The Hall–Kier alpha value is -1.40. The quantitative estimate of drug-likeness (QED) is 0.829. The van der Waals surface area contributed by atoms with Crippen molar-refractivity contribution in [3.8, 4) is 0 Å². The maximum absolute atomic E-state index is 12.3. The van der Waals surface area contributed by atoms with Crippen molar-refractivity contribution in [1.82, 2.24) is 4.90 Å². The molecule has 1 N–H and O–H groups in total. The fourth-order valence-corrected chi connectivity index (χ4v) is 2.83. The number of nitrogens with zero attached hydrogens (tertiary/aromatic N) is 1. The summed E-state index contributed by atoms with van der Waals surface area (Å²) in [4.78, 5) is 26.1. The molecule has 0 aliphatic carbocycles. The van der Waals surface area contributed by atoms with Gasteiger partial charge in [-0.15, -0.1) is 11.3 Å². The van der Waals surface area contributed by atoms with Crippen LogP contribution in [0.4, 0.5) is 0 Å². The minimum atomic E-state index is -1.02. The Balaban J connectivity index is 2.87. The molecule has 1 rings (SSSR count). The third kappa shape index (κ3) is 4.33. The van der Waals surface area contributed by atoms with Crippen molar-refractivity contribution in [3.05, 3.63) is 21.4 Å². The minimum Gasteiger partial charge on any atom is -0.480 e. The number of ether oxygens (including phenoxy) is 1. The number of aliphatic carboxylic acids is 1. The third-order valence-corrected chi connectivity index (χ3v) is 4.10. The fourth-order valence-electron chi connectivity index (χ4n) is 1.75. The summed E-state index contributed by atoms with van der Waals surface area (Å²) in [5.41, 5.74) is 1.08. The lowest BCUT2D eigenvalue weighted by molar-refractivity contribution is -0.137. The SMILES string of the molecule is CCc1sc(C(=O)N(CCOC)CC(=O)O)cc1C. The Labute approximate surface area is 116 Å². The van der Waals surface area contributed by atoms with E-state index in [0.717, 1.165) is 16.9 Å². The molecule has 0 bridgehead atoms. The Morgan fingerprint density at radius 3 is 2.63 bits per heavy atom. The van der Waals surface area contributed by atoms with Gasteiger partial charge in [0.05, 0.1) is 11.5 Å². The van der Waals surface area contributed by atoms with Crippen LogP contribution in [0.1, 0.15) is 27.0 Å². The smallest absolute Gasteiger partial charge is 0.323 e. The molecule has 0 saturated carbocycles. The number of thiophene rings is 1. The van der Waals surface area contributed by atoms with E-state index in [4.69, 9.17) is 9.84 Å². The van der Waals surface area contributed by atoms with Crippen molar-refractivity contribution in [2.75, 3.05) is 26.8 Å². The van der Waals surface area contributed by atoms with Crippen LogP contribution in [-0.2, 0) is 16.0 Å². The number of aryl methyl sites for hydroxylation is 2. The predicted molar refractivity (Wildman–Crippen MR) is 73.8 cm³/mol. The van der Waals surface area contributed by atoms with Gasteiger partial charge >= 0.3 is 5.97 Å². The van der Waals surface area contributed by atoms with Gasteiger partial charge in [0.15, 0.2) is 0 Å². The van der Waals surface area contributed by atoms with Crippen molar-refractivity contribution in [2.24, 2.45) is 0 Å². The molecule has 6 heteroatoms. The number of carbonyl (C=O) groups is 2. The molecule has 0 aromatic carbocycles. The number of carboxylic acids is 1. The summed E-state index contributed by atoms with van der Waals surface area (Å²) in [6, 6.07) is 1.83. The van der Waals surface area contributed by atoms with E-state index >= 15 is 0 Å². The molecule has 0 unspecified atom stereocenters. The molecule has 0 aliphatic rings. The second kappa shape index (κ2) is 7.25. The molecular formula is C13H19NO4S. The third-order valence-electron chi connectivity index (χ3n) is 2.73. The molecule has 0 spiro atoms. The van der Waals surface area contributed by atoms with Gasteiger partial charge < -0.3 is 14.7 Å². The van der Waals surface area contributed by atoms with Gasteiger partial charge in [-0.3, -0.25) is 9.59 Å². The molecule has 106 valence electrons. The van der Waals surface area contributed by atoms with Crippen LogP contribution < -0.4 is 0 Å². The zero-order chi connectivity index (χ0) is 14.4. The number of carbonyl (C=O) groups excluding carboxylic acids is 1. The van der Waals surface area contributed by atoms with Crippen molar-refractivity contribution < 1.29 is 19.4 Å². The molecule has 1 aromatic heterocycles. The fraction of sp³-hybridized carbons (Fsp3) is 0.538. The Kier molecular flexibility index (Phi) is 5.98. The maximum Gasteiger partial charge on any atom is 0.323 e. The molecule has 0 saturated heterocycles. The summed E-state index contributed by atoms with van der Waals surface area (Å²) in [7, 11) is 1.52. The Morgan fingerprint density at radius 2 is 2.16 bits per heavy atom. The molecule has 1 aromatic rings. The molecule has 0 fully saturated rings. The van der Waals surface area contributed by atoms with Crippen LogP contribution in [0.3, 0.4) is 0 Å². The summed E-state index contributed by atoms with van der Waals surface area (Å²) in [6.45, 7) is 4.29. The second-order valence-corrected chi connectivity index (χ2v) is 5.32. The lowest BCUT2D eigenvalue weighted by Gasteiger charge is -2.19. The van der Waals surface area contributed by atoms with Crippen LogP contribution in [0.5, 0.6) is 0 Å². The minimum absolute atomic E-state index is 0.243. The first kappa shape index (κ1) is 15.7. The topological polar surface area (TPSA) is 66.8 Å². The maximum atomic E-state index is 12.3. The molecule has 1 heterocycles. The number of carboxylic acid groups (broad SMARTS) is 1. The average Bonchev–Trinajstić information content (AvgIpc) is 2.74. The molecule has 19 heavy (non-hydrogen) atoms. The summed E-state index contributed by atoms with van der Waals surface area (Å²) in [5.74, 6) is -1.26. The van der Waals surface area contributed by atoms with Crippen LogP contribution in [0, 0.1) is 6.92 Å². The first-order valence-corrected chi connectivity index (χ1v) is 6.90. The zero-order valence-corrected chi connectivity index (χ0v) is 12.2. The van der Waals surface area contributed by atoms with Gasteiger partial charge in [0.25, 0.3) is 5.91 Å². The molecule has 0 radical (unpaired) electrons. The first-order chi connectivity index (χ1) is 8.99. The van der Waals surface area contributed by atoms with Gasteiger partial charge in [0.1, 0.15) is 6.54 Å². The van der Waals surface area contributed by atoms with E-state index in [1.165, 1.54) is 23.3 Å². The lowest BCUT2D eigenvalue weighted by atomic mass is 10.2. The monoisotopic (exact) mass is 285 g/mol. The number of rotatable bonds is 7. The van der Waals surface area contributed by atoms with Crippen LogP contribution in [-0.4, -0.2) is 48.7 Å². The van der Waals surface area contributed by atoms with E-state index in [1.807, 2.05) is 19.9 Å². The Morgan fingerprint density at radius 1 is 1.47 bits per heavy atom. The largest absolute Gasteiger partial charge is 0.480 e. The van der Waals surface area contributed by atoms with Gasteiger partial charge in [-0.2, -0.15) is 0 Å². The summed E-state index contributed by atoms with van der Waals surface area (Å²) >= 11 is 1.43. The molecule has 0 aliphatic heterocycles. The van der Waals surface area contributed by atoms with Crippen molar-refractivity contribution in [1.29, 1.82) is 0 Å². The highest BCUT2D eigenvalue weighted by Gasteiger charge is 2.20. The summed E-state index contributed by atoms with van der Waals surface area (Å²) < 4.78 is 4.91. The highest BCUT2D eigenvalue weighted by Crippen LogP contribution is 2.23. The average molecular weight is 285 g/mol. The number of hydrogen-bond donors (Lipinski definition) is 1. The molecule has 1 amide bonds. The van der Waals surface area contributed by atoms with Gasteiger partial charge in [-0.1, -0.05) is 6.92 Å². The van der Waals surface area contributed by atoms with Crippen LogP contribution in [0.15, 0.2) is 6.07 Å².